The van der Waals surface area contributed by atoms with Crippen LogP contribution in [-0.2, 0) is 27.4 Å². The maximum atomic E-state index is 6.15. The van der Waals surface area contributed by atoms with Crippen molar-refractivity contribution in [3.05, 3.63) is 71.8 Å². The van der Waals surface area contributed by atoms with Crippen molar-refractivity contribution >= 4 is 0 Å². The van der Waals surface area contributed by atoms with Gasteiger partial charge in [0.25, 0.3) is 0 Å². The summed E-state index contributed by atoms with van der Waals surface area (Å²) in [5.41, 5.74) is 2.43. The molecule has 2 fully saturated rings. The highest BCUT2D eigenvalue weighted by molar-refractivity contribution is 5.14. The van der Waals surface area contributed by atoms with Crippen LogP contribution in [0.15, 0.2) is 60.7 Å². The minimum atomic E-state index is 0.245. The molecule has 4 unspecified atom stereocenters. The molecule has 120 valence electrons. The van der Waals surface area contributed by atoms with Crippen LogP contribution >= 0.6 is 0 Å². The van der Waals surface area contributed by atoms with Crippen LogP contribution in [-0.4, -0.2) is 24.9 Å². The molecule has 0 spiro atoms. The molecule has 4 rings (SSSR count). The predicted molar refractivity (Wildman–Crippen MR) is 87.9 cm³/mol. The van der Waals surface area contributed by atoms with Crippen molar-refractivity contribution in [3.8, 4) is 0 Å². The molecule has 1 saturated heterocycles. The molecule has 2 aromatic carbocycles. The van der Waals surface area contributed by atoms with E-state index in [9.17, 15) is 0 Å². The fourth-order valence-corrected chi connectivity index (χ4v) is 3.40. The average Bonchev–Trinajstić information content (AvgIpc) is 3.29. The normalized spacial score (nSPS) is 28.5. The van der Waals surface area contributed by atoms with E-state index in [-0.39, 0.29) is 6.10 Å². The molecule has 0 aromatic heterocycles. The third kappa shape index (κ3) is 3.63. The zero-order valence-electron chi connectivity index (χ0n) is 13.1. The van der Waals surface area contributed by atoms with E-state index in [0.29, 0.717) is 37.9 Å². The molecule has 23 heavy (non-hydrogen) atoms. The Hall–Kier alpha value is -1.68. The summed E-state index contributed by atoms with van der Waals surface area (Å²) in [6, 6.07) is 20.6. The second-order valence-electron chi connectivity index (χ2n) is 6.37. The van der Waals surface area contributed by atoms with Gasteiger partial charge in [0.05, 0.1) is 38.1 Å². The minimum absolute atomic E-state index is 0.245. The van der Waals surface area contributed by atoms with Crippen molar-refractivity contribution in [3.63, 3.8) is 0 Å². The van der Waals surface area contributed by atoms with Crippen LogP contribution in [0.5, 0.6) is 0 Å². The Morgan fingerprint density at radius 3 is 2.22 bits per heavy atom. The quantitative estimate of drug-likeness (QED) is 0.733. The summed E-state index contributed by atoms with van der Waals surface area (Å²) in [4.78, 5) is 0. The summed E-state index contributed by atoms with van der Waals surface area (Å²) in [7, 11) is 0. The van der Waals surface area contributed by atoms with Crippen LogP contribution in [0, 0.1) is 5.92 Å². The van der Waals surface area contributed by atoms with Crippen molar-refractivity contribution in [2.45, 2.75) is 37.9 Å². The highest BCUT2D eigenvalue weighted by Gasteiger charge is 2.56. The molecule has 1 heterocycles. The van der Waals surface area contributed by atoms with Gasteiger partial charge in [-0.2, -0.15) is 0 Å². The van der Waals surface area contributed by atoms with E-state index < -0.39 is 0 Å². The summed E-state index contributed by atoms with van der Waals surface area (Å²) < 4.78 is 17.8. The second-order valence-corrected chi connectivity index (χ2v) is 6.37. The number of fused-ring (bicyclic) bond motifs is 1. The van der Waals surface area contributed by atoms with Gasteiger partial charge in [-0.15, -0.1) is 0 Å². The van der Waals surface area contributed by atoms with Crippen molar-refractivity contribution in [2.24, 2.45) is 5.92 Å². The molecule has 1 saturated carbocycles. The Balaban J connectivity index is 1.28. The monoisotopic (exact) mass is 310 g/mol. The van der Waals surface area contributed by atoms with Gasteiger partial charge >= 0.3 is 0 Å². The summed E-state index contributed by atoms with van der Waals surface area (Å²) in [6.07, 6.45) is 1.97. The fourth-order valence-electron chi connectivity index (χ4n) is 3.40. The molecule has 0 amide bonds. The molecule has 1 aliphatic heterocycles. The van der Waals surface area contributed by atoms with Crippen LogP contribution in [0.25, 0.3) is 0 Å². The van der Waals surface area contributed by atoms with Crippen molar-refractivity contribution < 1.29 is 14.2 Å². The Kier molecular flexibility index (Phi) is 4.42. The lowest BCUT2D eigenvalue weighted by atomic mass is 10.1. The summed E-state index contributed by atoms with van der Waals surface area (Å²) >= 11 is 0. The van der Waals surface area contributed by atoms with E-state index in [4.69, 9.17) is 14.2 Å². The van der Waals surface area contributed by atoms with Gasteiger partial charge in [-0.1, -0.05) is 60.7 Å². The molecule has 3 heteroatoms. The van der Waals surface area contributed by atoms with Crippen LogP contribution in [0.3, 0.4) is 0 Å². The molecule has 1 aliphatic carbocycles. The fraction of sp³-hybridized carbons (Fsp3) is 0.400. The lowest BCUT2D eigenvalue weighted by molar-refractivity contribution is -0.0450. The Bertz CT molecular complexity index is 613. The summed E-state index contributed by atoms with van der Waals surface area (Å²) in [5, 5.41) is 0. The van der Waals surface area contributed by atoms with Gasteiger partial charge in [-0.05, 0) is 11.1 Å². The van der Waals surface area contributed by atoms with E-state index >= 15 is 0 Å². The van der Waals surface area contributed by atoms with Gasteiger partial charge in [-0.25, -0.2) is 0 Å². The third-order valence-corrected chi connectivity index (χ3v) is 4.71. The van der Waals surface area contributed by atoms with Crippen LogP contribution < -0.4 is 0 Å². The summed E-state index contributed by atoms with van der Waals surface area (Å²) in [6.45, 7) is 2.02. The number of benzene rings is 2. The maximum Gasteiger partial charge on any atom is 0.0917 e. The molecule has 0 radical (unpaired) electrons. The number of hydrogen-bond acceptors (Lipinski definition) is 3. The largest absolute Gasteiger partial charge is 0.376 e. The van der Waals surface area contributed by atoms with Gasteiger partial charge in [0.1, 0.15) is 0 Å². The van der Waals surface area contributed by atoms with Gasteiger partial charge in [0, 0.05) is 12.3 Å². The lowest BCUT2D eigenvalue weighted by Crippen LogP contribution is -2.28. The number of epoxide rings is 1. The standard InChI is InChI=1S/C20H22O3/c1-3-7-15(8-4-1)12-21-14-17-18(11-19-20(17)23-19)22-13-16-9-5-2-6-10-16/h1-10,17-20H,11-14H2. The van der Waals surface area contributed by atoms with Crippen LogP contribution in [0.2, 0.25) is 0 Å². The average molecular weight is 310 g/mol. The van der Waals surface area contributed by atoms with Crippen molar-refractivity contribution in [2.75, 3.05) is 6.61 Å². The predicted octanol–water partition coefficient (Wildman–Crippen LogP) is 3.58. The molecule has 3 nitrogen and oxygen atoms in total. The van der Waals surface area contributed by atoms with Gasteiger partial charge < -0.3 is 14.2 Å². The summed E-state index contributed by atoms with van der Waals surface area (Å²) in [5.74, 6) is 0.354. The van der Waals surface area contributed by atoms with E-state index in [2.05, 4.69) is 24.3 Å². The van der Waals surface area contributed by atoms with E-state index in [1.165, 1.54) is 11.1 Å². The highest BCUT2D eigenvalue weighted by Crippen LogP contribution is 2.45. The molecule has 2 aromatic rings. The smallest absolute Gasteiger partial charge is 0.0917 e. The topological polar surface area (TPSA) is 31.0 Å². The van der Waals surface area contributed by atoms with Crippen LogP contribution in [0.1, 0.15) is 17.5 Å². The first kappa shape index (κ1) is 14.9. The minimum Gasteiger partial charge on any atom is -0.376 e. The first-order chi connectivity index (χ1) is 11.4. The third-order valence-electron chi connectivity index (χ3n) is 4.71. The Morgan fingerprint density at radius 2 is 1.52 bits per heavy atom. The van der Waals surface area contributed by atoms with E-state index in [0.717, 1.165) is 6.42 Å². The van der Waals surface area contributed by atoms with Crippen LogP contribution in [0.4, 0.5) is 0 Å². The molecular formula is C20H22O3. The molecule has 0 bridgehead atoms. The van der Waals surface area contributed by atoms with E-state index in [1.54, 1.807) is 0 Å². The van der Waals surface area contributed by atoms with Gasteiger partial charge in [-0.3, -0.25) is 0 Å². The SMILES string of the molecule is c1ccc(COCC2C(OCc3ccccc3)CC3OC32)cc1. The van der Waals surface area contributed by atoms with Crippen molar-refractivity contribution in [1.29, 1.82) is 0 Å². The molecule has 2 aliphatic rings. The molecule has 4 atom stereocenters. The Morgan fingerprint density at radius 1 is 0.870 bits per heavy atom. The maximum absolute atomic E-state index is 6.15. The second kappa shape index (κ2) is 6.83. The molecule has 0 N–H and O–H groups in total. The molecular weight excluding hydrogens is 288 g/mol. The van der Waals surface area contributed by atoms with E-state index in [1.807, 2.05) is 36.4 Å². The lowest BCUT2D eigenvalue weighted by Gasteiger charge is -2.22. The first-order valence-electron chi connectivity index (χ1n) is 8.33. The Labute approximate surface area is 137 Å². The zero-order chi connectivity index (χ0) is 15.5. The first-order valence-corrected chi connectivity index (χ1v) is 8.33. The number of hydrogen-bond donors (Lipinski definition) is 0. The zero-order valence-corrected chi connectivity index (χ0v) is 13.1. The number of rotatable bonds is 7. The highest BCUT2D eigenvalue weighted by atomic mass is 16.6. The van der Waals surface area contributed by atoms with Gasteiger partial charge in [0.2, 0.25) is 0 Å². The van der Waals surface area contributed by atoms with Crippen molar-refractivity contribution in [1.82, 2.24) is 0 Å². The number of ether oxygens (including phenoxy) is 3. The van der Waals surface area contributed by atoms with Gasteiger partial charge in [0.15, 0.2) is 0 Å².